The van der Waals surface area contributed by atoms with E-state index in [-0.39, 0.29) is 5.91 Å². The van der Waals surface area contributed by atoms with Crippen molar-refractivity contribution in [1.29, 1.82) is 0 Å². The minimum Gasteiger partial charge on any atom is -0.339 e. The van der Waals surface area contributed by atoms with Gasteiger partial charge in [-0.15, -0.1) is 10.2 Å². The van der Waals surface area contributed by atoms with Gasteiger partial charge in [0.15, 0.2) is 11.0 Å². The Balaban J connectivity index is 1.64. The Labute approximate surface area is 182 Å². The number of likely N-dealkylation sites (tertiary alicyclic amines) is 1. The fourth-order valence-electron chi connectivity index (χ4n) is 3.92. The van der Waals surface area contributed by atoms with Crippen LogP contribution in [0.4, 0.5) is 0 Å². The van der Waals surface area contributed by atoms with Gasteiger partial charge >= 0.3 is 0 Å². The summed E-state index contributed by atoms with van der Waals surface area (Å²) in [6, 6.07) is 16.8. The summed E-state index contributed by atoms with van der Waals surface area (Å²) in [6.45, 7) is 7.22. The highest BCUT2D eigenvalue weighted by atomic mass is 32.2. The first-order chi connectivity index (χ1) is 14.5. The molecule has 1 fully saturated rings. The molecule has 0 aliphatic carbocycles. The monoisotopic (exact) mass is 420 g/mol. The predicted molar refractivity (Wildman–Crippen MR) is 122 cm³/mol. The third kappa shape index (κ3) is 4.29. The summed E-state index contributed by atoms with van der Waals surface area (Å²) >= 11 is 1.47. The van der Waals surface area contributed by atoms with E-state index >= 15 is 0 Å². The van der Waals surface area contributed by atoms with Gasteiger partial charge in [-0.1, -0.05) is 42.1 Å². The standard InChI is InChI=1S/C24H28N4OS/c1-17-12-13-20(15-18(17)2)23-25-26-24(28(23)21-10-5-4-6-11-21)30-16-22(29)27-14-8-7-9-19(27)3/h4-6,10-13,15,19H,7-9,14,16H2,1-3H3. The molecule has 1 aliphatic rings. The lowest BCUT2D eigenvalue weighted by molar-refractivity contribution is -0.131. The lowest BCUT2D eigenvalue weighted by atomic mass is 10.0. The Bertz CT molecular complexity index is 1030. The van der Waals surface area contributed by atoms with Crippen molar-refractivity contribution in [3.8, 4) is 17.1 Å². The Morgan fingerprint density at radius 2 is 1.87 bits per heavy atom. The Morgan fingerprint density at radius 1 is 1.07 bits per heavy atom. The summed E-state index contributed by atoms with van der Waals surface area (Å²) in [5.74, 6) is 1.36. The first-order valence-corrected chi connectivity index (χ1v) is 11.5. The molecule has 0 bridgehead atoms. The number of benzene rings is 2. The summed E-state index contributed by atoms with van der Waals surface area (Å²) in [5.41, 5.74) is 4.49. The third-order valence-corrected chi connectivity index (χ3v) is 6.77. The van der Waals surface area contributed by atoms with E-state index in [9.17, 15) is 4.79 Å². The Morgan fingerprint density at radius 3 is 2.60 bits per heavy atom. The van der Waals surface area contributed by atoms with Gasteiger partial charge in [0.2, 0.25) is 5.91 Å². The van der Waals surface area contributed by atoms with Gasteiger partial charge in [0, 0.05) is 23.8 Å². The number of amides is 1. The van der Waals surface area contributed by atoms with Crippen molar-refractivity contribution in [1.82, 2.24) is 19.7 Å². The normalized spacial score (nSPS) is 16.6. The van der Waals surface area contributed by atoms with Gasteiger partial charge < -0.3 is 4.90 Å². The number of para-hydroxylation sites is 1. The number of carbonyl (C=O) groups excluding carboxylic acids is 1. The maximum atomic E-state index is 12.8. The molecule has 1 aliphatic heterocycles. The fraction of sp³-hybridized carbons (Fsp3) is 0.375. The minimum absolute atomic E-state index is 0.183. The molecule has 1 aromatic heterocycles. The van der Waals surface area contributed by atoms with Crippen LogP contribution in [0.3, 0.4) is 0 Å². The lowest BCUT2D eigenvalue weighted by Gasteiger charge is -2.33. The van der Waals surface area contributed by atoms with Crippen LogP contribution in [-0.2, 0) is 4.79 Å². The minimum atomic E-state index is 0.183. The molecule has 2 heterocycles. The molecule has 5 nitrogen and oxygen atoms in total. The van der Waals surface area contributed by atoms with Crippen molar-refractivity contribution < 1.29 is 4.79 Å². The van der Waals surface area contributed by atoms with E-state index in [0.717, 1.165) is 41.6 Å². The zero-order chi connectivity index (χ0) is 21.1. The lowest BCUT2D eigenvalue weighted by Crippen LogP contribution is -2.42. The summed E-state index contributed by atoms with van der Waals surface area (Å²) in [5, 5.41) is 9.71. The van der Waals surface area contributed by atoms with Crippen LogP contribution < -0.4 is 0 Å². The van der Waals surface area contributed by atoms with E-state index in [1.807, 2.05) is 35.2 Å². The highest BCUT2D eigenvalue weighted by Crippen LogP contribution is 2.29. The van der Waals surface area contributed by atoms with Crippen LogP contribution in [-0.4, -0.2) is 43.9 Å². The van der Waals surface area contributed by atoms with Gasteiger partial charge in [-0.3, -0.25) is 9.36 Å². The zero-order valence-corrected chi connectivity index (χ0v) is 18.7. The number of rotatable bonds is 5. The van der Waals surface area contributed by atoms with E-state index in [1.54, 1.807) is 0 Å². The van der Waals surface area contributed by atoms with Crippen molar-refractivity contribution in [3.05, 3.63) is 59.7 Å². The molecule has 0 saturated carbocycles. The summed E-state index contributed by atoms with van der Waals surface area (Å²) in [4.78, 5) is 14.9. The average molecular weight is 421 g/mol. The second kappa shape index (κ2) is 9.04. The molecule has 156 valence electrons. The summed E-state index contributed by atoms with van der Waals surface area (Å²) in [6.07, 6.45) is 3.39. The van der Waals surface area contributed by atoms with Crippen LogP contribution in [0.15, 0.2) is 53.7 Å². The van der Waals surface area contributed by atoms with Crippen molar-refractivity contribution >= 4 is 17.7 Å². The van der Waals surface area contributed by atoms with E-state index < -0.39 is 0 Å². The number of aryl methyl sites for hydroxylation is 2. The first-order valence-electron chi connectivity index (χ1n) is 10.6. The van der Waals surface area contributed by atoms with Gasteiger partial charge in [-0.2, -0.15) is 0 Å². The van der Waals surface area contributed by atoms with Crippen molar-refractivity contribution in [2.45, 2.75) is 51.2 Å². The number of carbonyl (C=O) groups is 1. The van der Waals surface area contributed by atoms with Gasteiger partial charge in [0.1, 0.15) is 0 Å². The molecule has 30 heavy (non-hydrogen) atoms. The van der Waals surface area contributed by atoms with Crippen molar-refractivity contribution in [2.75, 3.05) is 12.3 Å². The number of aromatic nitrogens is 3. The number of thioether (sulfide) groups is 1. The van der Waals surface area contributed by atoms with Crippen molar-refractivity contribution in [2.24, 2.45) is 0 Å². The van der Waals surface area contributed by atoms with Crippen LogP contribution in [0.2, 0.25) is 0 Å². The van der Waals surface area contributed by atoms with Gasteiger partial charge in [-0.05, 0) is 69.4 Å². The predicted octanol–water partition coefficient (Wildman–Crippen LogP) is 5.04. The molecule has 1 atom stereocenters. The van der Waals surface area contributed by atoms with E-state index in [4.69, 9.17) is 0 Å². The van der Waals surface area contributed by atoms with Gasteiger partial charge in [0.25, 0.3) is 0 Å². The SMILES string of the molecule is Cc1ccc(-c2nnc(SCC(=O)N3CCCCC3C)n2-c2ccccc2)cc1C. The second-order valence-electron chi connectivity index (χ2n) is 8.00. The maximum absolute atomic E-state index is 12.8. The van der Waals surface area contributed by atoms with E-state index in [0.29, 0.717) is 11.8 Å². The highest BCUT2D eigenvalue weighted by Gasteiger charge is 2.24. The van der Waals surface area contributed by atoms with Crippen LogP contribution in [0, 0.1) is 13.8 Å². The second-order valence-corrected chi connectivity index (χ2v) is 8.94. The highest BCUT2D eigenvalue weighted by molar-refractivity contribution is 7.99. The van der Waals surface area contributed by atoms with Crippen LogP contribution >= 0.6 is 11.8 Å². The van der Waals surface area contributed by atoms with E-state index in [1.165, 1.54) is 29.3 Å². The van der Waals surface area contributed by atoms with Gasteiger partial charge in [0.05, 0.1) is 5.75 Å². The molecule has 0 spiro atoms. The maximum Gasteiger partial charge on any atom is 0.233 e. The molecular formula is C24H28N4OS. The molecule has 1 amide bonds. The van der Waals surface area contributed by atoms with Crippen molar-refractivity contribution in [3.63, 3.8) is 0 Å². The molecule has 0 N–H and O–H groups in total. The molecular weight excluding hydrogens is 392 g/mol. The number of piperidine rings is 1. The van der Waals surface area contributed by atoms with Crippen LogP contribution in [0.25, 0.3) is 17.1 Å². The largest absolute Gasteiger partial charge is 0.339 e. The van der Waals surface area contributed by atoms with E-state index in [2.05, 4.69) is 53.7 Å². The number of hydrogen-bond acceptors (Lipinski definition) is 4. The molecule has 2 aromatic carbocycles. The molecule has 1 unspecified atom stereocenters. The zero-order valence-electron chi connectivity index (χ0n) is 17.8. The Kier molecular flexibility index (Phi) is 6.23. The smallest absolute Gasteiger partial charge is 0.233 e. The topological polar surface area (TPSA) is 51.0 Å². The quantitative estimate of drug-likeness (QED) is 0.542. The van der Waals surface area contributed by atoms with Gasteiger partial charge in [-0.25, -0.2) is 0 Å². The van der Waals surface area contributed by atoms with Crippen LogP contribution in [0.5, 0.6) is 0 Å². The third-order valence-electron chi connectivity index (χ3n) is 5.86. The fourth-order valence-corrected chi connectivity index (χ4v) is 4.76. The molecule has 4 rings (SSSR count). The summed E-state index contributed by atoms with van der Waals surface area (Å²) in [7, 11) is 0. The van der Waals surface area contributed by atoms with Crippen LogP contribution in [0.1, 0.15) is 37.3 Å². The molecule has 1 saturated heterocycles. The summed E-state index contributed by atoms with van der Waals surface area (Å²) < 4.78 is 2.06. The number of nitrogens with zero attached hydrogens (tertiary/aromatic N) is 4. The first kappa shape index (κ1) is 20.7. The molecule has 3 aromatic rings. The number of hydrogen-bond donors (Lipinski definition) is 0. The molecule has 0 radical (unpaired) electrons. The Hall–Kier alpha value is -2.60. The molecule has 6 heteroatoms. The average Bonchev–Trinajstić information content (AvgIpc) is 3.19.